The second-order valence-electron chi connectivity index (χ2n) is 10.9. The van der Waals surface area contributed by atoms with Crippen molar-refractivity contribution in [3.05, 3.63) is 0 Å². The Morgan fingerprint density at radius 2 is 1.74 bits per heavy atom. The van der Waals surface area contributed by atoms with E-state index in [9.17, 15) is 28.0 Å². The second-order valence-corrected chi connectivity index (χ2v) is 10.9. The summed E-state index contributed by atoms with van der Waals surface area (Å²) < 4.78 is 53.6. The monoisotopic (exact) mass is 484 g/mol. The van der Waals surface area contributed by atoms with Gasteiger partial charge in [0.15, 0.2) is 18.8 Å². The Bertz CT molecular complexity index is 929. The molecule has 9 nitrogen and oxygen atoms in total. The number of carbonyl (C=O) groups is 4. The van der Waals surface area contributed by atoms with Crippen LogP contribution in [0.4, 0.5) is 8.78 Å². The topological polar surface area (TPSA) is 114 Å². The third-order valence-corrected chi connectivity index (χ3v) is 8.59. The van der Waals surface area contributed by atoms with Gasteiger partial charge in [-0.1, -0.05) is 0 Å². The molecule has 34 heavy (non-hydrogen) atoms. The number of halogens is 2. The van der Waals surface area contributed by atoms with E-state index in [-0.39, 0.29) is 35.7 Å². The van der Waals surface area contributed by atoms with Crippen LogP contribution < -0.4 is 0 Å². The van der Waals surface area contributed by atoms with Crippen molar-refractivity contribution in [3.8, 4) is 0 Å². The van der Waals surface area contributed by atoms with Gasteiger partial charge in [-0.2, -0.15) is 8.78 Å². The van der Waals surface area contributed by atoms with E-state index < -0.39 is 60.3 Å². The molecule has 0 spiro atoms. The molecule has 7 unspecified atom stereocenters. The molecule has 7 atom stereocenters. The highest BCUT2D eigenvalue weighted by atomic mass is 19.3. The maximum atomic E-state index is 13.4. The molecule has 7 fully saturated rings. The summed E-state index contributed by atoms with van der Waals surface area (Å²) in [5, 5.41) is 0. The van der Waals surface area contributed by atoms with Crippen molar-refractivity contribution in [2.75, 3.05) is 6.61 Å². The van der Waals surface area contributed by atoms with Crippen LogP contribution in [0.3, 0.4) is 0 Å². The summed E-state index contributed by atoms with van der Waals surface area (Å²) in [5.74, 6) is -7.13. The molecule has 4 saturated carbocycles. The maximum absolute atomic E-state index is 13.4. The van der Waals surface area contributed by atoms with Gasteiger partial charge in [0.25, 0.3) is 0 Å². The summed E-state index contributed by atoms with van der Waals surface area (Å²) in [6.07, 6.45) is 0.499. The van der Waals surface area contributed by atoms with Crippen molar-refractivity contribution in [1.29, 1.82) is 0 Å². The van der Waals surface area contributed by atoms with Crippen molar-refractivity contribution < 1.29 is 51.6 Å². The van der Waals surface area contributed by atoms with Gasteiger partial charge in [0.2, 0.25) is 0 Å². The molecule has 0 amide bonds. The largest absolute Gasteiger partial charge is 0.457 e. The fourth-order valence-corrected chi connectivity index (χ4v) is 7.49. The lowest BCUT2D eigenvalue weighted by atomic mass is 9.48. The molecule has 3 heterocycles. The van der Waals surface area contributed by atoms with Gasteiger partial charge in [-0.25, -0.2) is 9.59 Å². The van der Waals surface area contributed by atoms with Crippen molar-refractivity contribution in [3.63, 3.8) is 0 Å². The standard InChI is InChI=1S/C23H26F2O9/c1-22(24,25)20(28)34-15-10-2-9-3-11(15)7-23(5-9,6-10)21(29)30-8-14(26)32-17-13-4-12-16(31-13)18(17)33-19(12)27/h9-13,15-18H,2-8H2,1H3. The molecule has 186 valence electrons. The average Bonchev–Trinajstić information content (AvgIpc) is 3.38. The molecule has 3 aliphatic heterocycles. The number of carbonyl (C=O) groups excluding carboxylic acids is 4. The van der Waals surface area contributed by atoms with Crippen LogP contribution in [0.1, 0.15) is 45.4 Å². The molecule has 7 aliphatic rings. The fourth-order valence-electron chi connectivity index (χ4n) is 7.49. The Morgan fingerprint density at radius 1 is 1.03 bits per heavy atom. The Hall–Kier alpha value is -2.30. The number of rotatable bonds is 6. The summed E-state index contributed by atoms with van der Waals surface area (Å²) in [7, 11) is 0. The predicted octanol–water partition coefficient (Wildman–Crippen LogP) is 1.55. The first-order valence-electron chi connectivity index (χ1n) is 11.9. The van der Waals surface area contributed by atoms with E-state index in [4.69, 9.17) is 23.7 Å². The Labute approximate surface area is 193 Å². The highest BCUT2D eigenvalue weighted by Gasteiger charge is 2.65. The smallest absolute Gasteiger partial charge is 0.376 e. The normalized spacial score (nSPS) is 45.3. The molecule has 3 saturated heterocycles. The van der Waals surface area contributed by atoms with Crippen LogP contribution in [0.2, 0.25) is 0 Å². The average molecular weight is 484 g/mol. The lowest BCUT2D eigenvalue weighted by Crippen LogP contribution is -2.58. The molecule has 0 aromatic heterocycles. The highest BCUT2D eigenvalue weighted by molar-refractivity contribution is 5.82. The molecule has 0 aromatic carbocycles. The predicted molar refractivity (Wildman–Crippen MR) is 104 cm³/mol. The number of fused-ring (bicyclic) bond motifs is 1. The van der Waals surface area contributed by atoms with E-state index in [0.717, 1.165) is 0 Å². The van der Waals surface area contributed by atoms with Crippen molar-refractivity contribution in [2.24, 2.45) is 29.1 Å². The summed E-state index contributed by atoms with van der Waals surface area (Å²) in [5.41, 5.74) is -0.807. The molecule has 6 bridgehead atoms. The molecule has 0 N–H and O–H groups in total. The van der Waals surface area contributed by atoms with E-state index in [1.54, 1.807) is 0 Å². The lowest BCUT2D eigenvalue weighted by molar-refractivity contribution is -0.208. The van der Waals surface area contributed by atoms with E-state index in [1.165, 1.54) is 0 Å². The quantitative estimate of drug-likeness (QED) is 0.409. The van der Waals surface area contributed by atoms with Gasteiger partial charge in [0.05, 0.1) is 17.4 Å². The number of esters is 4. The van der Waals surface area contributed by atoms with Crippen LogP contribution in [0.5, 0.6) is 0 Å². The molecule has 0 radical (unpaired) electrons. The zero-order valence-electron chi connectivity index (χ0n) is 18.6. The van der Waals surface area contributed by atoms with Crippen LogP contribution in [-0.4, -0.2) is 66.9 Å². The maximum Gasteiger partial charge on any atom is 0.376 e. The molecule has 0 aromatic rings. The van der Waals surface area contributed by atoms with Crippen LogP contribution in [0.25, 0.3) is 0 Å². The van der Waals surface area contributed by atoms with Crippen molar-refractivity contribution in [1.82, 2.24) is 0 Å². The third kappa shape index (κ3) is 3.33. The summed E-state index contributed by atoms with van der Waals surface area (Å²) >= 11 is 0. The van der Waals surface area contributed by atoms with Gasteiger partial charge < -0.3 is 23.7 Å². The first-order chi connectivity index (χ1) is 16.0. The summed E-state index contributed by atoms with van der Waals surface area (Å²) in [4.78, 5) is 49.0. The van der Waals surface area contributed by atoms with Crippen LogP contribution in [0.15, 0.2) is 0 Å². The molecular formula is C23H26F2O9. The number of hydrogen-bond acceptors (Lipinski definition) is 9. The molecule has 4 aliphatic carbocycles. The zero-order valence-corrected chi connectivity index (χ0v) is 18.6. The summed E-state index contributed by atoms with van der Waals surface area (Å²) in [6, 6.07) is 0. The minimum absolute atomic E-state index is 0.187. The van der Waals surface area contributed by atoms with Gasteiger partial charge in [-0.15, -0.1) is 0 Å². The molecule has 11 heteroatoms. The second kappa shape index (κ2) is 7.35. The molecular weight excluding hydrogens is 458 g/mol. The van der Waals surface area contributed by atoms with Crippen molar-refractivity contribution >= 4 is 23.9 Å². The van der Waals surface area contributed by atoms with Gasteiger partial charge in [0, 0.05) is 6.92 Å². The van der Waals surface area contributed by atoms with Crippen LogP contribution in [-0.2, 0) is 42.9 Å². The van der Waals surface area contributed by atoms with Crippen LogP contribution in [0, 0.1) is 29.1 Å². The van der Waals surface area contributed by atoms with E-state index in [1.807, 2.05) is 0 Å². The lowest BCUT2D eigenvalue weighted by Gasteiger charge is -2.57. The number of hydrogen-bond donors (Lipinski definition) is 0. The Kier molecular flexibility index (Phi) is 4.80. The third-order valence-electron chi connectivity index (χ3n) is 8.59. The van der Waals surface area contributed by atoms with Crippen LogP contribution >= 0.6 is 0 Å². The van der Waals surface area contributed by atoms with E-state index >= 15 is 0 Å². The van der Waals surface area contributed by atoms with Gasteiger partial charge >= 0.3 is 29.8 Å². The fraction of sp³-hybridized carbons (Fsp3) is 0.826. The van der Waals surface area contributed by atoms with Gasteiger partial charge in [-0.3, -0.25) is 9.59 Å². The number of ether oxygens (including phenoxy) is 5. The first-order valence-corrected chi connectivity index (χ1v) is 11.9. The first kappa shape index (κ1) is 22.2. The highest BCUT2D eigenvalue weighted by Crippen LogP contribution is 2.61. The summed E-state index contributed by atoms with van der Waals surface area (Å²) in [6.45, 7) is -0.0553. The van der Waals surface area contributed by atoms with Gasteiger partial charge in [0.1, 0.15) is 12.2 Å². The van der Waals surface area contributed by atoms with E-state index in [0.29, 0.717) is 45.4 Å². The Morgan fingerprint density at radius 3 is 2.41 bits per heavy atom. The van der Waals surface area contributed by atoms with Crippen molar-refractivity contribution in [2.45, 2.75) is 81.9 Å². The minimum Gasteiger partial charge on any atom is -0.457 e. The minimum atomic E-state index is -3.56. The molecule has 7 rings (SSSR count). The number of alkyl halides is 2. The zero-order chi connectivity index (χ0) is 24.0. The SMILES string of the molecule is CC(F)(F)C(=O)OC1C2CC3CC1CC(C(=O)OCC(=O)OC1C4CC5C(=O)OC1C5O4)(C3)C2. The Balaban J connectivity index is 1.05. The van der Waals surface area contributed by atoms with E-state index in [2.05, 4.69) is 0 Å². The van der Waals surface area contributed by atoms with Gasteiger partial charge in [-0.05, 0) is 56.3 Å².